The minimum atomic E-state index is 0.194. The molecule has 4 heteroatoms. The fourth-order valence-electron chi connectivity index (χ4n) is 1.07. The maximum atomic E-state index is 4.76. The van der Waals surface area contributed by atoms with E-state index in [-0.39, 0.29) is 5.34 Å². The van der Waals surface area contributed by atoms with Gasteiger partial charge in [0, 0.05) is 12.4 Å². The lowest BCUT2D eigenvalue weighted by Gasteiger charge is -1.95. The van der Waals surface area contributed by atoms with Crippen LogP contribution in [0.5, 0.6) is 0 Å². The van der Waals surface area contributed by atoms with Crippen molar-refractivity contribution in [3.8, 4) is 0 Å². The highest BCUT2D eigenvalue weighted by molar-refractivity contribution is 6.40. The molecule has 14 heavy (non-hydrogen) atoms. The quantitative estimate of drug-likeness (QED) is 0.647. The number of hydrogen-bond acceptors (Lipinski definition) is 2. The predicted molar refractivity (Wildman–Crippen MR) is 60.8 cm³/mol. The zero-order chi connectivity index (χ0) is 10.4. The van der Waals surface area contributed by atoms with E-state index in [9.17, 15) is 0 Å². The molecule has 0 unspecified atom stereocenters. The minimum Gasteiger partial charge on any atom is -0.253 e. The Labute approximate surface area is 92.9 Å². The second-order valence-corrected chi connectivity index (χ2v) is 3.46. The van der Waals surface area contributed by atoms with E-state index in [1.807, 2.05) is 25.1 Å². The molecule has 0 aliphatic heterocycles. The van der Waals surface area contributed by atoms with Crippen LogP contribution >= 0.6 is 23.2 Å². The van der Waals surface area contributed by atoms with Gasteiger partial charge in [-0.25, -0.2) is 0 Å². The lowest BCUT2D eigenvalue weighted by molar-refractivity contribution is 1.28. The third kappa shape index (κ3) is 3.13. The molecule has 1 heterocycles. The normalized spacial score (nSPS) is 9.36. The van der Waals surface area contributed by atoms with Gasteiger partial charge in [-0.3, -0.25) is 9.97 Å². The molecule has 74 valence electrons. The number of aromatic nitrogens is 2. The maximum Gasteiger partial charge on any atom is 0.0967 e. The average Bonchev–Trinajstić information content (AvgIpc) is 2.19. The first-order valence-corrected chi connectivity index (χ1v) is 5.14. The summed E-state index contributed by atoms with van der Waals surface area (Å²) in [6.07, 6.45) is 3.42. The Balaban J connectivity index is 0.000000293. The number of aryl methyl sites for hydroxylation is 1. The molecule has 2 nitrogen and oxygen atoms in total. The fraction of sp³-hybridized carbons (Fsp3) is 0.200. The second kappa shape index (κ2) is 5.78. The van der Waals surface area contributed by atoms with E-state index in [2.05, 4.69) is 9.97 Å². The number of halogens is 2. The highest BCUT2D eigenvalue weighted by Crippen LogP contribution is 2.08. The molecule has 0 aliphatic carbocycles. The molecule has 0 atom stereocenters. The van der Waals surface area contributed by atoms with Crippen molar-refractivity contribution in [1.82, 2.24) is 9.97 Å². The van der Waals surface area contributed by atoms with Crippen molar-refractivity contribution in [2.45, 2.75) is 6.92 Å². The van der Waals surface area contributed by atoms with E-state index in [4.69, 9.17) is 23.2 Å². The van der Waals surface area contributed by atoms with Crippen molar-refractivity contribution < 1.29 is 0 Å². The molecule has 2 aromatic rings. The van der Waals surface area contributed by atoms with Gasteiger partial charge in [-0.1, -0.05) is 6.07 Å². The van der Waals surface area contributed by atoms with Gasteiger partial charge in [0.05, 0.1) is 16.4 Å². The first-order chi connectivity index (χ1) is 6.77. The Morgan fingerprint density at radius 3 is 2.29 bits per heavy atom. The van der Waals surface area contributed by atoms with E-state index in [0.29, 0.717) is 0 Å². The number of fused-ring (bicyclic) bond motifs is 1. The molecule has 0 aliphatic rings. The first-order valence-electron chi connectivity index (χ1n) is 4.07. The topological polar surface area (TPSA) is 25.8 Å². The molecule has 0 fully saturated rings. The molecule has 1 aromatic carbocycles. The van der Waals surface area contributed by atoms with E-state index in [0.717, 1.165) is 11.0 Å². The molecule has 0 amide bonds. The molecule has 0 spiro atoms. The Bertz CT molecular complexity index is 404. The van der Waals surface area contributed by atoms with Crippen LogP contribution < -0.4 is 0 Å². The first kappa shape index (κ1) is 11.2. The Kier molecular flexibility index (Phi) is 4.63. The minimum absolute atomic E-state index is 0.194. The summed E-state index contributed by atoms with van der Waals surface area (Å²) in [6.45, 7) is 2.05. The molecular formula is C10H10Cl2N2. The van der Waals surface area contributed by atoms with E-state index in [1.165, 1.54) is 5.56 Å². The molecule has 0 saturated heterocycles. The van der Waals surface area contributed by atoms with Crippen LogP contribution in [0.3, 0.4) is 0 Å². The average molecular weight is 229 g/mol. The predicted octanol–water partition coefficient (Wildman–Crippen LogP) is 3.36. The van der Waals surface area contributed by atoms with Crippen molar-refractivity contribution in [2.24, 2.45) is 0 Å². The summed E-state index contributed by atoms with van der Waals surface area (Å²) >= 11 is 9.53. The zero-order valence-corrected chi connectivity index (χ0v) is 9.26. The number of alkyl halides is 2. The molecule has 0 radical (unpaired) electrons. The van der Waals surface area contributed by atoms with Gasteiger partial charge in [-0.05, 0) is 24.6 Å². The van der Waals surface area contributed by atoms with Crippen LogP contribution in [0.25, 0.3) is 11.0 Å². The molecule has 2 rings (SSSR count). The summed E-state index contributed by atoms with van der Waals surface area (Å²) in [4.78, 5) is 8.34. The van der Waals surface area contributed by atoms with Crippen molar-refractivity contribution in [3.63, 3.8) is 0 Å². The van der Waals surface area contributed by atoms with Gasteiger partial charge in [0.25, 0.3) is 0 Å². The molecule has 0 bridgehead atoms. The van der Waals surface area contributed by atoms with E-state index < -0.39 is 0 Å². The van der Waals surface area contributed by atoms with Crippen LogP contribution in [0.1, 0.15) is 5.56 Å². The summed E-state index contributed by atoms with van der Waals surface area (Å²) < 4.78 is 0. The third-order valence-corrected chi connectivity index (χ3v) is 1.62. The Morgan fingerprint density at radius 2 is 1.64 bits per heavy atom. The van der Waals surface area contributed by atoms with Crippen molar-refractivity contribution in [2.75, 3.05) is 5.34 Å². The zero-order valence-electron chi connectivity index (χ0n) is 7.74. The van der Waals surface area contributed by atoms with E-state index in [1.54, 1.807) is 12.4 Å². The summed E-state index contributed by atoms with van der Waals surface area (Å²) in [5, 5.41) is 0.194. The fourth-order valence-corrected chi connectivity index (χ4v) is 1.07. The van der Waals surface area contributed by atoms with E-state index >= 15 is 0 Å². The van der Waals surface area contributed by atoms with Crippen LogP contribution in [0.15, 0.2) is 30.6 Å². The Hall–Kier alpha value is -0.860. The van der Waals surface area contributed by atoms with Crippen LogP contribution in [0, 0.1) is 6.92 Å². The smallest absolute Gasteiger partial charge is 0.0967 e. The maximum absolute atomic E-state index is 4.76. The molecule has 1 aromatic heterocycles. The SMILES string of the molecule is Cc1ccc2nccnc2c1.ClCCl. The number of nitrogens with zero attached hydrogens (tertiary/aromatic N) is 2. The van der Waals surface area contributed by atoms with Crippen molar-refractivity contribution >= 4 is 34.2 Å². The summed E-state index contributed by atoms with van der Waals surface area (Å²) in [5.74, 6) is 0. The molecule has 0 saturated carbocycles. The number of benzene rings is 1. The molecule has 0 N–H and O–H groups in total. The van der Waals surface area contributed by atoms with Gasteiger partial charge >= 0.3 is 0 Å². The number of hydrogen-bond donors (Lipinski definition) is 0. The van der Waals surface area contributed by atoms with Crippen LogP contribution in [0.2, 0.25) is 0 Å². The summed E-state index contributed by atoms with van der Waals surface area (Å²) in [6, 6.07) is 6.05. The number of rotatable bonds is 0. The highest BCUT2D eigenvalue weighted by atomic mass is 35.5. The lowest BCUT2D eigenvalue weighted by atomic mass is 10.2. The van der Waals surface area contributed by atoms with Gasteiger partial charge in [-0.2, -0.15) is 0 Å². The van der Waals surface area contributed by atoms with Crippen LogP contribution in [-0.2, 0) is 0 Å². The largest absolute Gasteiger partial charge is 0.253 e. The molecular weight excluding hydrogens is 219 g/mol. The van der Waals surface area contributed by atoms with Gasteiger partial charge in [0.1, 0.15) is 0 Å². The van der Waals surface area contributed by atoms with Crippen LogP contribution in [-0.4, -0.2) is 15.3 Å². The lowest BCUT2D eigenvalue weighted by Crippen LogP contribution is -1.81. The Morgan fingerprint density at radius 1 is 1.07 bits per heavy atom. The van der Waals surface area contributed by atoms with Crippen molar-refractivity contribution in [1.29, 1.82) is 0 Å². The highest BCUT2D eigenvalue weighted by Gasteiger charge is 1.92. The van der Waals surface area contributed by atoms with Gasteiger partial charge in [0.15, 0.2) is 0 Å². The van der Waals surface area contributed by atoms with Gasteiger partial charge in [-0.15, -0.1) is 23.2 Å². The van der Waals surface area contributed by atoms with Crippen LogP contribution in [0.4, 0.5) is 0 Å². The van der Waals surface area contributed by atoms with Gasteiger partial charge < -0.3 is 0 Å². The monoisotopic (exact) mass is 228 g/mol. The summed E-state index contributed by atoms with van der Waals surface area (Å²) in [7, 11) is 0. The van der Waals surface area contributed by atoms with Crippen molar-refractivity contribution in [3.05, 3.63) is 36.2 Å². The second-order valence-electron chi connectivity index (χ2n) is 2.65. The summed E-state index contributed by atoms with van der Waals surface area (Å²) in [5.41, 5.74) is 3.14. The third-order valence-electron chi connectivity index (χ3n) is 1.62. The van der Waals surface area contributed by atoms with Gasteiger partial charge in [0.2, 0.25) is 0 Å². The standard InChI is InChI=1S/C9H8N2.CH2Cl2/c1-7-2-3-8-9(6-7)11-5-4-10-8;2-1-3/h2-6H,1H3;1H2.